The summed E-state index contributed by atoms with van der Waals surface area (Å²) in [4.78, 5) is 11.2. The van der Waals surface area contributed by atoms with Gasteiger partial charge in [-0.1, -0.05) is 0 Å². The minimum absolute atomic E-state index is 0.370. The first-order chi connectivity index (χ1) is 8.54. The van der Waals surface area contributed by atoms with Crippen molar-refractivity contribution in [1.82, 2.24) is 4.57 Å². The lowest BCUT2D eigenvalue weighted by atomic mass is 10.1. The highest BCUT2D eigenvalue weighted by molar-refractivity contribution is 5.95. The van der Waals surface area contributed by atoms with Crippen LogP contribution >= 0.6 is 0 Å². The molecule has 2 aromatic rings. The highest BCUT2D eigenvalue weighted by Crippen LogP contribution is 2.24. The maximum Gasteiger partial charge on any atom is 0.336 e. The van der Waals surface area contributed by atoms with Crippen molar-refractivity contribution in [2.24, 2.45) is 5.73 Å². The lowest BCUT2D eigenvalue weighted by molar-refractivity contribution is 0.0696. The van der Waals surface area contributed by atoms with Crippen LogP contribution in [0.3, 0.4) is 0 Å². The first-order valence-electron chi connectivity index (χ1n) is 6.08. The topological polar surface area (TPSA) is 68.2 Å². The molecule has 0 bridgehead atoms. The van der Waals surface area contributed by atoms with Crippen molar-refractivity contribution in [3.63, 3.8) is 0 Å². The summed E-state index contributed by atoms with van der Waals surface area (Å²) < 4.78 is 2.13. The van der Waals surface area contributed by atoms with Crippen LogP contribution in [0.5, 0.6) is 0 Å². The van der Waals surface area contributed by atoms with E-state index in [0.717, 1.165) is 35.1 Å². The van der Waals surface area contributed by atoms with Gasteiger partial charge in [-0.3, -0.25) is 0 Å². The SMILES string of the molecule is Cc1cc2cc(C)n(CCCN)c2cc1C(=O)O. The summed E-state index contributed by atoms with van der Waals surface area (Å²) in [6.07, 6.45) is 0.890. The Labute approximate surface area is 106 Å². The van der Waals surface area contributed by atoms with Gasteiger partial charge in [-0.15, -0.1) is 0 Å². The number of carboxylic acids is 1. The van der Waals surface area contributed by atoms with Crippen molar-refractivity contribution in [1.29, 1.82) is 0 Å². The van der Waals surface area contributed by atoms with Gasteiger partial charge in [-0.25, -0.2) is 4.79 Å². The maximum atomic E-state index is 11.2. The Hall–Kier alpha value is -1.81. The second-order valence-corrected chi connectivity index (χ2v) is 4.61. The molecule has 1 heterocycles. The first kappa shape index (κ1) is 12.6. The van der Waals surface area contributed by atoms with E-state index < -0.39 is 5.97 Å². The summed E-state index contributed by atoms with van der Waals surface area (Å²) in [6, 6.07) is 5.78. The van der Waals surface area contributed by atoms with Gasteiger partial charge in [0.1, 0.15) is 0 Å². The fraction of sp³-hybridized carbons (Fsp3) is 0.357. The van der Waals surface area contributed by atoms with Crippen LogP contribution in [-0.2, 0) is 6.54 Å². The van der Waals surface area contributed by atoms with E-state index in [0.29, 0.717) is 12.1 Å². The minimum atomic E-state index is -0.876. The first-order valence-corrected chi connectivity index (χ1v) is 6.08. The van der Waals surface area contributed by atoms with E-state index in [1.54, 1.807) is 6.07 Å². The predicted molar refractivity (Wildman–Crippen MR) is 72.0 cm³/mol. The molecule has 2 rings (SSSR count). The molecule has 0 aliphatic carbocycles. The quantitative estimate of drug-likeness (QED) is 0.869. The number of rotatable bonds is 4. The van der Waals surface area contributed by atoms with Gasteiger partial charge in [-0.2, -0.15) is 0 Å². The number of aromatic carboxylic acids is 1. The molecule has 3 N–H and O–H groups in total. The Kier molecular flexibility index (Phi) is 3.39. The molecule has 0 radical (unpaired) electrons. The number of benzene rings is 1. The van der Waals surface area contributed by atoms with Gasteiger partial charge in [0.25, 0.3) is 0 Å². The number of aryl methyl sites for hydroxylation is 3. The molecule has 0 spiro atoms. The zero-order chi connectivity index (χ0) is 13.3. The fourth-order valence-electron chi connectivity index (χ4n) is 2.34. The van der Waals surface area contributed by atoms with Gasteiger partial charge in [0, 0.05) is 23.1 Å². The van der Waals surface area contributed by atoms with Crippen molar-refractivity contribution in [3.8, 4) is 0 Å². The molecule has 0 aliphatic heterocycles. The van der Waals surface area contributed by atoms with Gasteiger partial charge in [0.05, 0.1) is 5.56 Å². The van der Waals surface area contributed by atoms with Crippen LogP contribution in [0, 0.1) is 13.8 Å². The van der Waals surface area contributed by atoms with Crippen molar-refractivity contribution in [3.05, 3.63) is 35.0 Å². The van der Waals surface area contributed by atoms with E-state index in [1.807, 2.05) is 19.9 Å². The third kappa shape index (κ3) is 2.11. The smallest absolute Gasteiger partial charge is 0.336 e. The lowest BCUT2D eigenvalue weighted by Crippen LogP contribution is -2.07. The van der Waals surface area contributed by atoms with Crippen LogP contribution in [-0.4, -0.2) is 22.2 Å². The molecule has 1 aromatic carbocycles. The Bertz CT molecular complexity index is 599. The molecular formula is C14H18N2O2. The summed E-state index contributed by atoms with van der Waals surface area (Å²) in [5, 5.41) is 10.3. The zero-order valence-corrected chi connectivity index (χ0v) is 10.7. The van der Waals surface area contributed by atoms with Crippen LogP contribution in [0.15, 0.2) is 18.2 Å². The van der Waals surface area contributed by atoms with Gasteiger partial charge < -0.3 is 15.4 Å². The van der Waals surface area contributed by atoms with Gasteiger partial charge in [0.15, 0.2) is 0 Å². The number of carboxylic acid groups (broad SMARTS) is 1. The van der Waals surface area contributed by atoms with Crippen LogP contribution in [0.1, 0.15) is 28.0 Å². The van der Waals surface area contributed by atoms with E-state index >= 15 is 0 Å². The number of hydrogen-bond acceptors (Lipinski definition) is 2. The number of fused-ring (bicyclic) bond motifs is 1. The maximum absolute atomic E-state index is 11.2. The number of nitrogens with zero attached hydrogens (tertiary/aromatic N) is 1. The average molecular weight is 246 g/mol. The minimum Gasteiger partial charge on any atom is -0.478 e. The number of carbonyl (C=O) groups is 1. The van der Waals surface area contributed by atoms with Crippen molar-refractivity contribution in [2.75, 3.05) is 6.54 Å². The highest BCUT2D eigenvalue weighted by Gasteiger charge is 2.12. The average Bonchev–Trinajstić information content (AvgIpc) is 2.60. The van der Waals surface area contributed by atoms with Crippen LogP contribution in [0.25, 0.3) is 10.9 Å². The third-order valence-corrected chi connectivity index (χ3v) is 3.27. The van der Waals surface area contributed by atoms with Gasteiger partial charge >= 0.3 is 5.97 Å². The Morgan fingerprint density at radius 1 is 1.33 bits per heavy atom. The molecule has 4 nitrogen and oxygen atoms in total. The number of hydrogen-bond donors (Lipinski definition) is 2. The van der Waals surface area contributed by atoms with Crippen molar-refractivity contribution < 1.29 is 9.90 Å². The lowest BCUT2D eigenvalue weighted by Gasteiger charge is -2.08. The fourth-order valence-corrected chi connectivity index (χ4v) is 2.34. The molecular weight excluding hydrogens is 228 g/mol. The monoisotopic (exact) mass is 246 g/mol. The van der Waals surface area contributed by atoms with Crippen LogP contribution < -0.4 is 5.73 Å². The summed E-state index contributed by atoms with van der Waals surface area (Å²) in [6.45, 7) is 5.33. The van der Waals surface area contributed by atoms with Crippen molar-refractivity contribution >= 4 is 16.9 Å². The van der Waals surface area contributed by atoms with E-state index in [2.05, 4.69) is 10.6 Å². The molecule has 0 atom stereocenters. The Morgan fingerprint density at radius 2 is 2.06 bits per heavy atom. The highest BCUT2D eigenvalue weighted by atomic mass is 16.4. The van der Waals surface area contributed by atoms with Gasteiger partial charge in [0.2, 0.25) is 0 Å². The van der Waals surface area contributed by atoms with Crippen LogP contribution in [0.4, 0.5) is 0 Å². The molecule has 96 valence electrons. The predicted octanol–water partition coefficient (Wildman–Crippen LogP) is 2.31. The molecule has 0 aliphatic rings. The normalized spacial score (nSPS) is 11.1. The third-order valence-electron chi connectivity index (χ3n) is 3.27. The summed E-state index contributed by atoms with van der Waals surface area (Å²) in [5.41, 5.74) is 8.82. The zero-order valence-electron chi connectivity index (χ0n) is 10.7. The molecule has 4 heteroatoms. The van der Waals surface area contributed by atoms with E-state index in [9.17, 15) is 4.79 Å². The molecule has 0 unspecified atom stereocenters. The number of aromatic nitrogens is 1. The van der Waals surface area contributed by atoms with Crippen molar-refractivity contribution in [2.45, 2.75) is 26.8 Å². The number of nitrogens with two attached hydrogens (primary N) is 1. The summed E-state index contributed by atoms with van der Waals surface area (Å²) >= 11 is 0. The van der Waals surface area contributed by atoms with E-state index in [4.69, 9.17) is 10.8 Å². The second-order valence-electron chi connectivity index (χ2n) is 4.61. The van der Waals surface area contributed by atoms with E-state index in [1.165, 1.54) is 0 Å². The molecule has 1 aromatic heterocycles. The summed E-state index contributed by atoms with van der Waals surface area (Å²) in [7, 11) is 0. The second kappa shape index (κ2) is 4.82. The van der Waals surface area contributed by atoms with E-state index in [-0.39, 0.29) is 0 Å². The Morgan fingerprint density at radius 3 is 2.67 bits per heavy atom. The standard InChI is InChI=1S/C14H18N2O2/c1-9-6-11-7-10(2)16(5-3-4-15)13(11)8-12(9)14(17)18/h6-8H,3-5,15H2,1-2H3,(H,17,18). The molecule has 0 amide bonds. The molecule has 0 fully saturated rings. The summed E-state index contributed by atoms with van der Waals surface area (Å²) in [5.74, 6) is -0.876. The van der Waals surface area contributed by atoms with Crippen LogP contribution in [0.2, 0.25) is 0 Å². The molecule has 18 heavy (non-hydrogen) atoms. The Balaban J connectivity index is 2.60. The van der Waals surface area contributed by atoms with Gasteiger partial charge in [-0.05, 0) is 50.6 Å². The largest absolute Gasteiger partial charge is 0.478 e. The molecule has 0 saturated heterocycles. The molecule has 0 saturated carbocycles.